The molecule has 1 aliphatic rings. The van der Waals surface area contributed by atoms with Gasteiger partial charge < -0.3 is 10.6 Å². The minimum Gasteiger partial charge on any atom is -0.348 e. The first-order chi connectivity index (χ1) is 13.6. The summed E-state index contributed by atoms with van der Waals surface area (Å²) in [6.07, 6.45) is 8.55. The number of hydrogen-bond acceptors (Lipinski definition) is 2. The first-order valence-electron chi connectivity index (χ1n) is 9.67. The largest absolute Gasteiger partial charge is 0.348 e. The summed E-state index contributed by atoms with van der Waals surface area (Å²) in [5.74, 6) is -0.406. The van der Waals surface area contributed by atoms with Gasteiger partial charge in [0.2, 0.25) is 5.91 Å². The Morgan fingerprint density at radius 1 is 0.929 bits per heavy atom. The normalized spacial score (nSPS) is 15.2. The predicted molar refractivity (Wildman–Crippen MR) is 112 cm³/mol. The highest BCUT2D eigenvalue weighted by molar-refractivity contribution is 5.97. The topological polar surface area (TPSA) is 58.2 Å². The lowest BCUT2D eigenvalue weighted by atomic mass is 9.97. The fourth-order valence-electron chi connectivity index (χ4n) is 3.26. The van der Waals surface area contributed by atoms with Gasteiger partial charge in [0.15, 0.2) is 0 Å². The van der Waals surface area contributed by atoms with Gasteiger partial charge in [-0.15, -0.1) is 0 Å². The molecule has 1 aliphatic carbocycles. The van der Waals surface area contributed by atoms with Crippen LogP contribution in [0.15, 0.2) is 84.5 Å². The lowest BCUT2D eigenvalue weighted by Gasteiger charge is -2.23. The highest BCUT2D eigenvalue weighted by atomic mass is 16.2. The molecule has 0 unspecified atom stereocenters. The Kier molecular flexibility index (Phi) is 6.79. The van der Waals surface area contributed by atoms with Crippen LogP contribution in [0.4, 0.5) is 0 Å². The van der Waals surface area contributed by atoms with E-state index in [4.69, 9.17) is 0 Å². The fourth-order valence-corrected chi connectivity index (χ4v) is 3.26. The first kappa shape index (κ1) is 19.6. The molecule has 2 atom stereocenters. The van der Waals surface area contributed by atoms with E-state index < -0.39 is 6.04 Å². The van der Waals surface area contributed by atoms with Crippen LogP contribution in [0.2, 0.25) is 0 Å². The van der Waals surface area contributed by atoms with Crippen molar-refractivity contribution in [2.45, 2.75) is 38.3 Å². The maximum absolute atomic E-state index is 13.0. The molecule has 0 bridgehead atoms. The second-order valence-electron chi connectivity index (χ2n) is 7.01. The Balaban J connectivity index is 1.71. The lowest BCUT2D eigenvalue weighted by molar-refractivity contribution is -0.123. The van der Waals surface area contributed by atoms with Gasteiger partial charge in [0.25, 0.3) is 5.91 Å². The zero-order chi connectivity index (χ0) is 19.8. The summed E-state index contributed by atoms with van der Waals surface area (Å²) in [4.78, 5) is 25.6. The average Bonchev–Trinajstić information content (AvgIpc) is 2.75. The maximum atomic E-state index is 13.0. The van der Waals surface area contributed by atoms with Gasteiger partial charge in [-0.1, -0.05) is 72.3 Å². The van der Waals surface area contributed by atoms with Crippen molar-refractivity contribution in [1.29, 1.82) is 0 Å². The van der Waals surface area contributed by atoms with E-state index in [1.165, 1.54) is 5.57 Å². The Morgan fingerprint density at radius 3 is 2.25 bits per heavy atom. The van der Waals surface area contributed by atoms with Crippen molar-refractivity contribution in [3.63, 3.8) is 0 Å². The van der Waals surface area contributed by atoms with E-state index in [-0.39, 0.29) is 17.9 Å². The molecule has 4 heteroatoms. The monoisotopic (exact) mass is 374 g/mol. The van der Waals surface area contributed by atoms with Crippen LogP contribution < -0.4 is 10.6 Å². The second kappa shape index (κ2) is 9.70. The van der Waals surface area contributed by atoms with E-state index in [1.807, 2.05) is 55.5 Å². The molecule has 3 rings (SSSR count). The van der Waals surface area contributed by atoms with Gasteiger partial charge in [0.1, 0.15) is 6.04 Å². The standard InChI is InChI=1S/C24H26N2O2/c1-18(20-13-7-3-8-14-20)25-24(28)22(17-19-11-5-2-6-12-19)26-23(27)21-15-9-4-10-16-21/h2-5,7-10,12-16,18,22H,6,11,17H2,1H3,(H,25,28)(H,26,27)/t18-,22-/m0/s1. The van der Waals surface area contributed by atoms with Crippen LogP contribution in [0, 0.1) is 0 Å². The van der Waals surface area contributed by atoms with Crippen molar-refractivity contribution in [3.05, 3.63) is 95.6 Å². The van der Waals surface area contributed by atoms with Crippen molar-refractivity contribution in [2.75, 3.05) is 0 Å². The number of benzene rings is 2. The number of nitrogens with one attached hydrogen (secondary N) is 2. The summed E-state index contributed by atoms with van der Waals surface area (Å²) >= 11 is 0. The number of rotatable bonds is 7. The van der Waals surface area contributed by atoms with Gasteiger partial charge >= 0.3 is 0 Å². The van der Waals surface area contributed by atoms with E-state index >= 15 is 0 Å². The molecule has 144 valence electrons. The van der Waals surface area contributed by atoms with Crippen LogP contribution in [0.3, 0.4) is 0 Å². The Bertz CT molecular complexity index is 857. The molecule has 2 N–H and O–H groups in total. The third-order valence-corrected chi connectivity index (χ3v) is 4.87. The van der Waals surface area contributed by atoms with Gasteiger partial charge in [-0.25, -0.2) is 0 Å². The van der Waals surface area contributed by atoms with Gasteiger partial charge in [-0.2, -0.15) is 0 Å². The molecule has 2 amide bonds. The summed E-state index contributed by atoms with van der Waals surface area (Å²) < 4.78 is 0. The molecule has 0 aliphatic heterocycles. The van der Waals surface area contributed by atoms with E-state index in [2.05, 4.69) is 28.9 Å². The Morgan fingerprint density at radius 2 is 1.61 bits per heavy atom. The van der Waals surface area contributed by atoms with Crippen LogP contribution in [0.1, 0.15) is 48.1 Å². The molecular formula is C24H26N2O2. The number of allylic oxidation sites excluding steroid dienone is 3. The predicted octanol–water partition coefficient (Wildman–Crippen LogP) is 4.33. The van der Waals surface area contributed by atoms with Crippen molar-refractivity contribution in [1.82, 2.24) is 10.6 Å². The average molecular weight is 374 g/mol. The third kappa shape index (κ3) is 5.43. The van der Waals surface area contributed by atoms with E-state index in [9.17, 15) is 9.59 Å². The second-order valence-corrected chi connectivity index (χ2v) is 7.01. The molecule has 0 radical (unpaired) electrons. The van der Waals surface area contributed by atoms with Crippen LogP contribution in [0.25, 0.3) is 0 Å². The van der Waals surface area contributed by atoms with Crippen molar-refractivity contribution >= 4 is 11.8 Å². The molecule has 0 fully saturated rings. The van der Waals surface area contributed by atoms with Crippen molar-refractivity contribution < 1.29 is 9.59 Å². The summed E-state index contributed by atoms with van der Waals surface area (Å²) in [5.41, 5.74) is 2.75. The quantitative estimate of drug-likeness (QED) is 0.709. The first-order valence-corrected chi connectivity index (χ1v) is 9.67. The van der Waals surface area contributed by atoms with Crippen molar-refractivity contribution in [2.24, 2.45) is 0 Å². The number of carbonyl (C=O) groups excluding carboxylic acids is 2. The highest BCUT2D eigenvalue weighted by Crippen LogP contribution is 2.18. The smallest absolute Gasteiger partial charge is 0.251 e. The minimum absolute atomic E-state index is 0.134. The van der Waals surface area contributed by atoms with Crippen LogP contribution >= 0.6 is 0 Å². The molecular weight excluding hydrogens is 348 g/mol. The van der Waals surface area contributed by atoms with Gasteiger partial charge in [0, 0.05) is 5.56 Å². The molecule has 0 saturated carbocycles. The number of carbonyl (C=O) groups is 2. The molecule has 0 saturated heterocycles. The van der Waals surface area contributed by atoms with Gasteiger partial charge in [0.05, 0.1) is 6.04 Å². The molecule has 4 nitrogen and oxygen atoms in total. The van der Waals surface area contributed by atoms with Crippen LogP contribution in [-0.2, 0) is 4.79 Å². The summed E-state index contributed by atoms with van der Waals surface area (Å²) in [7, 11) is 0. The van der Waals surface area contributed by atoms with E-state index in [0.717, 1.165) is 18.4 Å². The minimum atomic E-state index is -0.614. The Hall–Kier alpha value is -3.14. The van der Waals surface area contributed by atoms with Crippen LogP contribution in [-0.4, -0.2) is 17.9 Å². The van der Waals surface area contributed by atoms with E-state index in [0.29, 0.717) is 12.0 Å². The SMILES string of the molecule is C[C@H](NC(=O)[C@H](CC1=CCC=CC1)NC(=O)c1ccccc1)c1ccccc1. The van der Waals surface area contributed by atoms with Gasteiger partial charge in [-0.05, 0) is 43.9 Å². The zero-order valence-corrected chi connectivity index (χ0v) is 16.1. The lowest BCUT2D eigenvalue weighted by Crippen LogP contribution is -2.47. The molecule has 2 aromatic rings. The maximum Gasteiger partial charge on any atom is 0.251 e. The molecule has 0 spiro atoms. The summed E-state index contributed by atoms with van der Waals surface area (Å²) in [5, 5.41) is 5.97. The number of hydrogen-bond donors (Lipinski definition) is 2. The van der Waals surface area contributed by atoms with Crippen LogP contribution in [0.5, 0.6) is 0 Å². The molecule has 28 heavy (non-hydrogen) atoms. The van der Waals surface area contributed by atoms with E-state index in [1.54, 1.807) is 12.1 Å². The van der Waals surface area contributed by atoms with Gasteiger partial charge in [-0.3, -0.25) is 9.59 Å². The van der Waals surface area contributed by atoms with Crippen molar-refractivity contribution in [3.8, 4) is 0 Å². The fraction of sp³-hybridized carbons (Fsp3) is 0.250. The zero-order valence-electron chi connectivity index (χ0n) is 16.1. The molecule has 0 heterocycles. The highest BCUT2D eigenvalue weighted by Gasteiger charge is 2.24. The number of amides is 2. The summed E-state index contributed by atoms with van der Waals surface area (Å²) in [6, 6.07) is 18.1. The third-order valence-electron chi connectivity index (χ3n) is 4.87. The molecule has 0 aromatic heterocycles. The molecule has 2 aromatic carbocycles. The summed E-state index contributed by atoms with van der Waals surface area (Å²) in [6.45, 7) is 1.95. The Labute approximate surface area is 166 Å².